The van der Waals surface area contributed by atoms with E-state index in [0.717, 1.165) is 36.5 Å². The van der Waals surface area contributed by atoms with Crippen LogP contribution >= 0.6 is 0 Å². The first-order valence-electron chi connectivity index (χ1n) is 7.88. The van der Waals surface area contributed by atoms with Gasteiger partial charge in [0.1, 0.15) is 5.82 Å². The third-order valence-corrected chi connectivity index (χ3v) is 4.09. The van der Waals surface area contributed by atoms with Gasteiger partial charge in [0, 0.05) is 37.0 Å². The standard InChI is InChI=1S/C17H22N4O/c1-2-5-13-11-19-17(20-13)15-10-12-6-3-4-7-14(12)21(15)16(22)8-9-18/h3-4,6-7,11,15H,2,5,8-10,18H2,1H3,(H,19,20)/t15-/m0/s1. The lowest BCUT2D eigenvalue weighted by Crippen LogP contribution is -2.34. The summed E-state index contributed by atoms with van der Waals surface area (Å²) in [6.45, 7) is 2.51. The smallest absolute Gasteiger partial charge is 0.228 e. The van der Waals surface area contributed by atoms with Crippen molar-refractivity contribution in [2.45, 2.75) is 38.6 Å². The molecule has 0 bridgehead atoms. The fraction of sp³-hybridized carbons (Fsp3) is 0.412. The lowest BCUT2D eigenvalue weighted by atomic mass is 10.1. The second-order valence-corrected chi connectivity index (χ2v) is 5.69. The number of aryl methyl sites for hydroxylation is 1. The van der Waals surface area contributed by atoms with Crippen LogP contribution in [-0.2, 0) is 17.6 Å². The maximum absolute atomic E-state index is 12.5. The zero-order valence-electron chi connectivity index (χ0n) is 12.9. The van der Waals surface area contributed by atoms with E-state index < -0.39 is 0 Å². The van der Waals surface area contributed by atoms with Crippen molar-refractivity contribution >= 4 is 11.6 Å². The van der Waals surface area contributed by atoms with Crippen molar-refractivity contribution in [2.75, 3.05) is 11.4 Å². The molecule has 1 amide bonds. The van der Waals surface area contributed by atoms with Crippen molar-refractivity contribution in [3.8, 4) is 0 Å². The van der Waals surface area contributed by atoms with E-state index in [4.69, 9.17) is 5.73 Å². The Labute approximate surface area is 130 Å². The first-order chi connectivity index (χ1) is 10.7. The van der Waals surface area contributed by atoms with Gasteiger partial charge in [0.25, 0.3) is 0 Å². The molecule has 3 rings (SSSR count). The highest BCUT2D eigenvalue weighted by molar-refractivity contribution is 5.96. The molecule has 5 nitrogen and oxygen atoms in total. The molecule has 1 aromatic carbocycles. The number of carbonyl (C=O) groups excluding carboxylic acids is 1. The number of imidazole rings is 1. The van der Waals surface area contributed by atoms with Gasteiger partial charge in [-0.05, 0) is 18.1 Å². The van der Waals surface area contributed by atoms with E-state index in [1.165, 1.54) is 5.56 Å². The van der Waals surface area contributed by atoms with Gasteiger partial charge in [-0.3, -0.25) is 4.79 Å². The first kappa shape index (κ1) is 14.8. The van der Waals surface area contributed by atoms with Crippen LogP contribution in [0.4, 0.5) is 5.69 Å². The van der Waals surface area contributed by atoms with Gasteiger partial charge in [-0.2, -0.15) is 0 Å². The predicted octanol–water partition coefficient (Wildman–Crippen LogP) is 2.34. The second kappa shape index (κ2) is 6.32. The zero-order chi connectivity index (χ0) is 15.5. The number of carbonyl (C=O) groups is 1. The number of H-pyrrole nitrogens is 1. The largest absolute Gasteiger partial charge is 0.344 e. The third kappa shape index (κ3) is 2.64. The molecule has 0 spiro atoms. The summed E-state index contributed by atoms with van der Waals surface area (Å²) in [6, 6.07) is 8.00. The number of para-hydroxylation sites is 1. The molecular formula is C17H22N4O. The number of nitrogens with one attached hydrogen (secondary N) is 1. The number of aromatic amines is 1. The molecule has 0 saturated heterocycles. The Morgan fingerprint density at radius 3 is 3.05 bits per heavy atom. The van der Waals surface area contributed by atoms with Gasteiger partial charge in [-0.1, -0.05) is 31.5 Å². The van der Waals surface area contributed by atoms with Crippen LogP contribution < -0.4 is 10.6 Å². The Bertz CT molecular complexity index is 664. The molecule has 1 atom stereocenters. The van der Waals surface area contributed by atoms with Crippen molar-refractivity contribution in [3.63, 3.8) is 0 Å². The summed E-state index contributed by atoms with van der Waals surface area (Å²) in [5.41, 5.74) is 8.87. The molecule has 0 aliphatic carbocycles. The molecule has 0 saturated carbocycles. The molecule has 1 aromatic heterocycles. The van der Waals surface area contributed by atoms with E-state index in [1.54, 1.807) is 0 Å². The lowest BCUT2D eigenvalue weighted by molar-refractivity contribution is -0.118. The number of aromatic nitrogens is 2. The Morgan fingerprint density at radius 2 is 2.27 bits per heavy atom. The maximum atomic E-state index is 12.5. The topological polar surface area (TPSA) is 75.0 Å². The van der Waals surface area contributed by atoms with Gasteiger partial charge in [-0.15, -0.1) is 0 Å². The molecule has 0 unspecified atom stereocenters. The van der Waals surface area contributed by atoms with Crippen LogP contribution in [0.2, 0.25) is 0 Å². The van der Waals surface area contributed by atoms with Crippen LogP contribution in [-0.4, -0.2) is 22.4 Å². The van der Waals surface area contributed by atoms with Crippen LogP contribution in [0.3, 0.4) is 0 Å². The number of nitrogens with two attached hydrogens (primary N) is 1. The molecule has 0 fully saturated rings. The normalized spacial score (nSPS) is 16.8. The van der Waals surface area contributed by atoms with Crippen molar-refractivity contribution < 1.29 is 4.79 Å². The highest BCUT2D eigenvalue weighted by Crippen LogP contribution is 2.39. The Balaban J connectivity index is 1.94. The van der Waals surface area contributed by atoms with Crippen LogP contribution in [0, 0.1) is 0 Å². The minimum Gasteiger partial charge on any atom is -0.344 e. The highest BCUT2D eigenvalue weighted by Gasteiger charge is 2.35. The number of nitrogens with zero attached hydrogens (tertiary/aromatic N) is 2. The summed E-state index contributed by atoms with van der Waals surface area (Å²) in [5, 5.41) is 0. The molecule has 2 aromatic rings. The Kier molecular flexibility index (Phi) is 4.24. The number of hydrogen-bond acceptors (Lipinski definition) is 3. The molecule has 3 N–H and O–H groups in total. The van der Waals surface area contributed by atoms with Gasteiger partial charge < -0.3 is 15.6 Å². The summed E-state index contributed by atoms with van der Waals surface area (Å²) >= 11 is 0. The second-order valence-electron chi connectivity index (χ2n) is 5.69. The molecule has 2 heterocycles. The first-order valence-corrected chi connectivity index (χ1v) is 7.88. The average molecular weight is 298 g/mol. The predicted molar refractivity (Wildman–Crippen MR) is 86.6 cm³/mol. The van der Waals surface area contributed by atoms with E-state index in [0.29, 0.717) is 13.0 Å². The minimum absolute atomic E-state index is 0.0537. The van der Waals surface area contributed by atoms with Gasteiger partial charge in [0.15, 0.2) is 0 Å². The van der Waals surface area contributed by atoms with Crippen LogP contribution in [0.25, 0.3) is 0 Å². The minimum atomic E-state index is -0.0537. The van der Waals surface area contributed by atoms with Crippen molar-refractivity contribution in [2.24, 2.45) is 5.73 Å². The van der Waals surface area contributed by atoms with E-state index >= 15 is 0 Å². The lowest BCUT2D eigenvalue weighted by Gasteiger charge is -2.24. The monoisotopic (exact) mass is 298 g/mol. The molecule has 116 valence electrons. The number of anilines is 1. The highest BCUT2D eigenvalue weighted by atomic mass is 16.2. The SMILES string of the molecule is CCCc1cnc([C@@H]2Cc3ccccc3N2C(=O)CCN)[nH]1. The van der Waals surface area contributed by atoms with Crippen LogP contribution in [0.5, 0.6) is 0 Å². The van der Waals surface area contributed by atoms with Crippen LogP contribution in [0.15, 0.2) is 30.5 Å². The van der Waals surface area contributed by atoms with E-state index in [-0.39, 0.29) is 11.9 Å². The Hall–Kier alpha value is -2.14. The molecule has 22 heavy (non-hydrogen) atoms. The summed E-state index contributed by atoms with van der Waals surface area (Å²) in [6.07, 6.45) is 5.08. The fourth-order valence-electron chi connectivity index (χ4n) is 3.10. The molecule has 5 heteroatoms. The van der Waals surface area contributed by atoms with Gasteiger partial charge in [-0.25, -0.2) is 4.98 Å². The van der Waals surface area contributed by atoms with E-state index in [2.05, 4.69) is 23.0 Å². The summed E-state index contributed by atoms with van der Waals surface area (Å²) in [5.74, 6) is 0.927. The maximum Gasteiger partial charge on any atom is 0.228 e. The molecule has 1 aliphatic rings. The van der Waals surface area contributed by atoms with Crippen LogP contribution in [0.1, 0.15) is 42.9 Å². The number of benzene rings is 1. The van der Waals surface area contributed by atoms with Gasteiger partial charge in [0.05, 0.1) is 6.04 Å². The number of fused-ring (bicyclic) bond motifs is 1. The number of hydrogen-bond donors (Lipinski definition) is 2. The summed E-state index contributed by atoms with van der Waals surface area (Å²) < 4.78 is 0. The third-order valence-electron chi connectivity index (χ3n) is 4.09. The Morgan fingerprint density at radius 1 is 1.45 bits per heavy atom. The molecule has 0 radical (unpaired) electrons. The quantitative estimate of drug-likeness (QED) is 0.889. The molecule has 1 aliphatic heterocycles. The van der Waals surface area contributed by atoms with Crippen molar-refractivity contribution in [3.05, 3.63) is 47.5 Å². The van der Waals surface area contributed by atoms with Crippen molar-refractivity contribution in [1.82, 2.24) is 9.97 Å². The van der Waals surface area contributed by atoms with E-state index in [9.17, 15) is 4.79 Å². The summed E-state index contributed by atoms with van der Waals surface area (Å²) in [7, 11) is 0. The number of rotatable bonds is 5. The number of amides is 1. The van der Waals surface area contributed by atoms with Gasteiger partial charge >= 0.3 is 0 Å². The fourth-order valence-corrected chi connectivity index (χ4v) is 3.10. The van der Waals surface area contributed by atoms with Gasteiger partial charge in [0.2, 0.25) is 5.91 Å². The summed E-state index contributed by atoms with van der Waals surface area (Å²) in [4.78, 5) is 22.3. The zero-order valence-corrected chi connectivity index (χ0v) is 12.9. The van der Waals surface area contributed by atoms with Crippen molar-refractivity contribution in [1.29, 1.82) is 0 Å². The molecular weight excluding hydrogens is 276 g/mol. The van der Waals surface area contributed by atoms with E-state index in [1.807, 2.05) is 29.3 Å². The average Bonchev–Trinajstić information content (AvgIpc) is 3.11.